The Bertz CT molecular complexity index is 2350. The van der Waals surface area contributed by atoms with Gasteiger partial charge in [-0.25, -0.2) is 0 Å². The van der Waals surface area contributed by atoms with Gasteiger partial charge in [0, 0.05) is 11.3 Å². The molecule has 0 aromatic heterocycles. The van der Waals surface area contributed by atoms with Crippen LogP contribution >= 0.6 is 30.3 Å². The molecule has 2 aliphatic rings. The molecule has 0 saturated carbocycles. The first-order chi connectivity index (χ1) is 25.6. The molecule has 8 aromatic carbocycles. The molecule has 0 unspecified atom stereocenters. The van der Waals surface area contributed by atoms with Crippen molar-refractivity contribution in [2.45, 2.75) is 12.1 Å². The van der Waals surface area contributed by atoms with E-state index < -0.39 is 11.2 Å². The topological polar surface area (TPSA) is 26.1 Å². The van der Waals surface area contributed by atoms with Crippen molar-refractivity contribution >= 4 is 63.2 Å². The van der Waals surface area contributed by atoms with Crippen molar-refractivity contribution in [2.75, 3.05) is 5.32 Å². The van der Waals surface area contributed by atoms with E-state index in [1.165, 1.54) is 71.6 Å². The van der Waals surface area contributed by atoms with E-state index in [4.69, 9.17) is 35.6 Å². The molecule has 6 heteroatoms. The van der Waals surface area contributed by atoms with Crippen LogP contribution < -0.4 is 5.32 Å². The van der Waals surface area contributed by atoms with Crippen LogP contribution in [-0.4, -0.2) is 0 Å². The first-order valence-electron chi connectivity index (χ1n) is 17.1. The Labute approximate surface area is 320 Å². The molecule has 10 rings (SSSR count). The van der Waals surface area contributed by atoms with Crippen LogP contribution in [-0.2, 0) is 11.2 Å². The average Bonchev–Trinajstić information content (AvgIpc) is 3.67. The van der Waals surface area contributed by atoms with Gasteiger partial charge < -0.3 is 10.6 Å². The normalized spacial score (nSPS) is 13.1. The number of hydrogen-bond donors (Lipinski definition) is 1. The predicted molar refractivity (Wildman–Crippen MR) is 219 cm³/mol. The van der Waals surface area contributed by atoms with Gasteiger partial charge in [0.15, 0.2) is 0 Å². The second-order valence-corrected chi connectivity index (χ2v) is 18.5. The summed E-state index contributed by atoms with van der Waals surface area (Å²) in [4.78, 5) is 0. The van der Waals surface area contributed by atoms with Crippen molar-refractivity contribution in [1.82, 2.24) is 0 Å². The van der Waals surface area contributed by atoms with Gasteiger partial charge >= 0.3 is 41.5 Å². The number of benzene rings is 8. The summed E-state index contributed by atoms with van der Waals surface area (Å²) in [5.74, 6) is 0. The molecule has 0 amide bonds. The van der Waals surface area contributed by atoms with Crippen molar-refractivity contribution < 1.29 is 11.2 Å². The van der Waals surface area contributed by atoms with E-state index in [0.29, 0.717) is 0 Å². The Morgan fingerprint density at radius 2 is 0.827 bits per heavy atom. The van der Waals surface area contributed by atoms with Gasteiger partial charge in [-0.3, -0.25) is 0 Å². The molecule has 2 nitrogen and oxygen atoms in total. The molecule has 0 aliphatic heterocycles. The van der Waals surface area contributed by atoms with Gasteiger partial charge in [0.2, 0.25) is 0 Å². The Morgan fingerprint density at radius 3 is 1.37 bits per heavy atom. The van der Waals surface area contributed by atoms with Gasteiger partial charge in [-0.2, -0.15) is 0 Å². The summed E-state index contributed by atoms with van der Waals surface area (Å²) in [6.07, 6.45) is 0. The fraction of sp³-hybridized carbons (Fsp3) is 0.0435. The predicted octanol–water partition coefficient (Wildman–Crippen LogP) is 14.7. The van der Waals surface area contributed by atoms with E-state index >= 15 is 0 Å². The summed E-state index contributed by atoms with van der Waals surface area (Å²) in [5, 5.41) is 14.6. The number of halogens is 3. The van der Waals surface area contributed by atoms with Gasteiger partial charge in [-0.05, 0) is 66.6 Å². The monoisotopic (exact) mass is 772 g/mol. The van der Waals surface area contributed by atoms with Crippen molar-refractivity contribution in [3.63, 3.8) is 0 Å². The molecule has 0 radical (unpaired) electrons. The van der Waals surface area contributed by atoms with E-state index in [-0.39, 0.29) is 12.1 Å². The quantitative estimate of drug-likeness (QED) is 0.173. The fourth-order valence-corrected chi connectivity index (χ4v) is 8.17. The van der Waals surface area contributed by atoms with Crippen molar-refractivity contribution in [1.29, 1.82) is 0 Å². The third-order valence-electron chi connectivity index (χ3n) is 10.3. The molecule has 1 N–H and O–H groups in total. The Balaban J connectivity index is 0.000000859. The standard InChI is InChI=1S/C46H31N2.3ClH.Fe/c1-3-15-31-29(13-1)25-27-41(47-45-37-21-9-5-17-33(37)34-18-6-10-22-38(34)45)43(31)44-32-16-4-2-14-30(32)26-28-42(44)48-46-39-23-11-7-19-35(39)36-20-8-12-24-40(36)46;;;;/h1-28,45-47H;3*1H;/q-1;;;;+3/p-3. The molecular formula is C46H31Cl3FeN2-. The van der Waals surface area contributed by atoms with Crippen LogP contribution in [0.5, 0.6) is 0 Å². The summed E-state index contributed by atoms with van der Waals surface area (Å²) in [5.41, 5.74) is 14.7. The molecule has 0 bridgehead atoms. The smallest absolute Gasteiger partial charge is 0.0779 e. The molecule has 0 heterocycles. The van der Waals surface area contributed by atoms with Crippen LogP contribution in [0.4, 0.5) is 11.4 Å². The zero-order chi connectivity index (χ0) is 35.2. The first-order valence-corrected chi connectivity index (χ1v) is 21.7. The summed E-state index contributed by atoms with van der Waals surface area (Å²) < 4.78 is 0. The maximum atomic E-state index is 5.69. The minimum Gasteiger partial charge on any atom is -0.674 e. The zero-order valence-electron chi connectivity index (χ0n) is 27.8. The summed E-state index contributed by atoms with van der Waals surface area (Å²) >= 11 is -1.33. The summed E-state index contributed by atoms with van der Waals surface area (Å²) in [7, 11) is 14.7. The van der Waals surface area contributed by atoms with Gasteiger partial charge in [0.05, 0.1) is 6.04 Å². The number of nitrogens with one attached hydrogen (secondary N) is 1. The molecule has 0 fully saturated rings. The molecule has 0 atom stereocenters. The van der Waals surface area contributed by atoms with Gasteiger partial charge in [0.1, 0.15) is 0 Å². The molecule has 8 aromatic rings. The number of rotatable bonds is 5. The zero-order valence-corrected chi connectivity index (χ0v) is 31.1. The fourth-order valence-electron chi connectivity index (χ4n) is 8.17. The number of anilines is 1. The number of nitrogens with zero attached hydrogens (tertiary/aromatic N) is 1. The molecular weight excluding hydrogens is 743 g/mol. The summed E-state index contributed by atoms with van der Waals surface area (Å²) in [6.45, 7) is 0. The van der Waals surface area contributed by atoms with E-state index in [9.17, 15) is 0 Å². The van der Waals surface area contributed by atoms with Crippen LogP contribution in [0.3, 0.4) is 0 Å². The minimum absolute atomic E-state index is 0.0289. The maximum absolute atomic E-state index is 5.69. The maximum Gasteiger partial charge on any atom is 0.0779 e. The molecule has 2 aliphatic carbocycles. The van der Waals surface area contributed by atoms with Gasteiger partial charge in [-0.1, -0.05) is 181 Å². The first kappa shape index (κ1) is 33.1. The Kier molecular flexibility index (Phi) is 8.93. The molecule has 255 valence electrons. The van der Waals surface area contributed by atoms with E-state index in [1.807, 2.05) is 0 Å². The average molecular weight is 774 g/mol. The molecule has 52 heavy (non-hydrogen) atoms. The van der Waals surface area contributed by atoms with Crippen molar-refractivity contribution in [2.24, 2.45) is 0 Å². The molecule has 0 saturated heterocycles. The molecule has 0 spiro atoms. The van der Waals surface area contributed by atoms with Crippen LogP contribution in [0.25, 0.3) is 60.2 Å². The third-order valence-corrected chi connectivity index (χ3v) is 10.3. The Hall–Kier alpha value is -4.73. The third kappa shape index (κ3) is 5.84. The van der Waals surface area contributed by atoms with Crippen LogP contribution in [0.15, 0.2) is 170 Å². The van der Waals surface area contributed by atoms with Crippen LogP contribution in [0, 0.1) is 0 Å². The van der Waals surface area contributed by atoms with E-state index in [1.54, 1.807) is 0 Å². The largest absolute Gasteiger partial charge is 0.674 e. The Morgan fingerprint density at radius 1 is 0.423 bits per heavy atom. The van der Waals surface area contributed by atoms with E-state index in [0.717, 1.165) is 16.9 Å². The second kappa shape index (κ2) is 14.0. The van der Waals surface area contributed by atoms with Crippen molar-refractivity contribution in [3.05, 3.63) is 197 Å². The minimum atomic E-state index is -1.33. The van der Waals surface area contributed by atoms with Crippen LogP contribution in [0.1, 0.15) is 34.3 Å². The number of hydrogen-bond acceptors (Lipinski definition) is 1. The second-order valence-electron chi connectivity index (χ2n) is 13.0. The van der Waals surface area contributed by atoms with Crippen LogP contribution in [0.2, 0.25) is 0 Å². The van der Waals surface area contributed by atoms with E-state index in [2.05, 4.69) is 175 Å². The number of fused-ring (bicyclic) bond motifs is 8. The van der Waals surface area contributed by atoms with Gasteiger partial charge in [0.25, 0.3) is 0 Å². The van der Waals surface area contributed by atoms with Crippen molar-refractivity contribution in [3.8, 4) is 33.4 Å². The SMILES string of the molecule is [Cl][Fe]([Cl])[Cl].c1ccc2c(c1)-c1ccccc1C2[N-]c1ccc2ccccc2c1-c1c(NC2c3ccccc3-c3ccccc32)ccc2ccccc12. The van der Waals surface area contributed by atoms with Gasteiger partial charge in [-0.15, -0.1) is 5.69 Å². The summed E-state index contributed by atoms with van der Waals surface area (Å²) in [6, 6.07) is 61.5.